The maximum Gasteiger partial charge on any atom is 0.274 e. The number of aryl methyl sites for hydroxylation is 2. The van der Waals surface area contributed by atoms with Gasteiger partial charge in [0.2, 0.25) is 0 Å². The fourth-order valence-corrected chi connectivity index (χ4v) is 1.97. The first-order chi connectivity index (χ1) is 7.99. The molecule has 0 fully saturated rings. The van der Waals surface area contributed by atoms with Gasteiger partial charge in [-0.25, -0.2) is 5.84 Å². The topological polar surface area (TPSA) is 64.3 Å². The first kappa shape index (κ1) is 13.8. The number of amides is 1. The van der Waals surface area contributed by atoms with Crippen LogP contribution in [0.15, 0.2) is 12.1 Å². The Balaban J connectivity index is 2.98. The van der Waals surface area contributed by atoms with E-state index in [0.717, 1.165) is 11.1 Å². The molecule has 0 heterocycles. The predicted octanol–water partition coefficient (Wildman–Crippen LogP) is 2.10. The molecule has 0 aliphatic carbocycles. The Bertz CT molecular complexity index is 398. The minimum absolute atomic E-state index is 0.358. The number of carbonyl (C=O) groups excluding carboxylic acids is 1. The Morgan fingerprint density at radius 1 is 1.53 bits per heavy atom. The van der Waals surface area contributed by atoms with Crippen LogP contribution < -0.4 is 16.0 Å². The smallest absolute Gasteiger partial charge is 0.274 e. The number of hydrazine groups is 1. The Labute approximate surface area is 106 Å². The van der Waals surface area contributed by atoms with Crippen molar-refractivity contribution in [1.29, 1.82) is 0 Å². The molecule has 0 spiro atoms. The summed E-state index contributed by atoms with van der Waals surface area (Å²) in [4.78, 5) is 11.4. The van der Waals surface area contributed by atoms with Gasteiger partial charge in [0.05, 0.1) is 5.02 Å². The lowest BCUT2D eigenvalue weighted by Gasteiger charge is -2.18. The van der Waals surface area contributed by atoms with E-state index in [9.17, 15) is 4.79 Å². The third kappa shape index (κ3) is 3.35. The van der Waals surface area contributed by atoms with Crippen LogP contribution in [0.4, 0.5) is 0 Å². The first-order valence-corrected chi connectivity index (χ1v) is 5.81. The average Bonchev–Trinajstić information content (AvgIpc) is 2.27. The summed E-state index contributed by atoms with van der Waals surface area (Å²) in [7, 11) is 0. The molecule has 1 atom stereocenters. The van der Waals surface area contributed by atoms with Crippen molar-refractivity contribution in [1.82, 2.24) is 5.43 Å². The van der Waals surface area contributed by atoms with E-state index in [1.165, 1.54) is 0 Å². The highest BCUT2D eigenvalue weighted by Gasteiger charge is 2.19. The van der Waals surface area contributed by atoms with Crippen molar-refractivity contribution >= 4 is 17.5 Å². The van der Waals surface area contributed by atoms with Crippen LogP contribution in [-0.2, 0) is 4.79 Å². The molecule has 5 heteroatoms. The second-order valence-corrected chi connectivity index (χ2v) is 4.32. The van der Waals surface area contributed by atoms with Crippen LogP contribution in [0.5, 0.6) is 5.75 Å². The third-order valence-electron chi connectivity index (χ3n) is 2.44. The average molecular weight is 257 g/mol. The summed E-state index contributed by atoms with van der Waals surface area (Å²) < 4.78 is 5.61. The van der Waals surface area contributed by atoms with E-state index in [1.807, 2.05) is 26.8 Å². The molecule has 0 saturated carbocycles. The quantitative estimate of drug-likeness (QED) is 0.493. The van der Waals surface area contributed by atoms with Crippen LogP contribution in [0.2, 0.25) is 5.02 Å². The van der Waals surface area contributed by atoms with Crippen molar-refractivity contribution in [3.8, 4) is 5.75 Å². The van der Waals surface area contributed by atoms with Crippen LogP contribution in [0.25, 0.3) is 0 Å². The second-order valence-electron chi connectivity index (χ2n) is 3.92. The Morgan fingerprint density at radius 2 is 2.18 bits per heavy atom. The molecule has 1 unspecified atom stereocenters. The van der Waals surface area contributed by atoms with Crippen molar-refractivity contribution in [3.63, 3.8) is 0 Å². The molecule has 0 aromatic heterocycles. The highest BCUT2D eigenvalue weighted by atomic mass is 35.5. The number of rotatable bonds is 4. The SMILES string of the molecule is CCC(Oc1c(C)cc(C)cc1Cl)C(=O)NN. The lowest BCUT2D eigenvalue weighted by Crippen LogP contribution is -2.41. The normalized spacial score (nSPS) is 12.1. The van der Waals surface area contributed by atoms with Gasteiger partial charge in [0.15, 0.2) is 6.10 Å². The number of hydrogen-bond acceptors (Lipinski definition) is 3. The molecule has 1 amide bonds. The second kappa shape index (κ2) is 5.89. The predicted molar refractivity (Wildman–Crippen MR) is 68.0 cm³/mol. The Hall–Kier alpha value is -1.26. The van der Waals surface area contributed by atoms with Crippen LogP contribution in [0.3, 0.4) is 0 Å². The van der Waals surface area contributed by atoms with E-state index in [1.54, 1.807) is 6.07 Å². The van der Waals surface area contributed by atoms with Crippen molar-refractivity contribution in [2.45, 2.75) is 33.3 Å². The zero-order valence-electron chi connectivity index (χ0n) is 10.2. The minimum atomic E-state index is -0.626. The maximum atomic E-state index is 11.4. The molecule has 0 radical (unpaired) electrons. The van der Waals surface area contributed by atoms with Gasteiger partial charge in [-0.2, -0.15) is 0 Å². The summed E-state index contributed by atoms with van der Waals surface area (Å²) in [6.07, 6.45) is -0.105. The van der Waals surface area contributed by atoms with Gasteiger partial charge in [-0.1, -0.05) is 24.6 Å². The zero-order chi connectivity index (χ0) is 13.0. The molecule has 17 heavy (non-hydrogen) atoms. The summed E-state index contributed by atoms with van der Waals surface area (Å²) >= 11 is 6.10. The van der Waals surface area contributed by atoms with Crippen LogP contribution in [0, 0.1) is 13.8 Å². The third-order valence-corrected chi connectivity index (χ3v) is 2.72. The van der Waals surface area contributed by atoms with Gasteiger partial charge >= 0.3 is 0 Å². The standard InChI is InChI=1S/C12H17ClN2O2/c1-4-10(12(16)15-14)17-11-8(3)5-7(2)6-9(11)13/h5-6,10H,4,14H2,1-3H3,(H,15,16). The molecule has 0 saturated heterocycles. The molecular weight excluding hydrogens is 240 g/mol. The van der Waals surface area contributed by atoms with E-state index in [2.05, 4.69) is 5.43 Å². The van der Waals surface area contributed by atoms with E-state index >= 15 is 0 Å². The lowest BCUT2D eigenvalue weighted by molar-refractivity contribution is -0.128. The van der Waals surface area contributed by atoms with E-state index in [0.29, 0.717) is 17.2 Å². The van der Waals surface area contributed by atoms with Crippen molar-refractivity contribution in [3.05, 3.63) is 28.3 Å². The summed E-state index contributed by atoms with van der Waals surface area (Å²) in [6.45, 7) is 5.69. The molecule has 3 N–H and O–H groups in total. The van der Waals surface area contributed by atoms with Crippen molar-refractivity contribution in [2.24, 2.45) is 5.84 Å². The molecule has 94 valence electrons. The fraction of sp³-hybridized carbons (Fsp3) is 0.417. The lowest BCUT2D eigenvalue weighted by atomic mass is 10.1. The van der Waals surface area contributed by atoms with Crippen LogP contribution >= 0.6 is 11.6 Å². The number of halogens is 1. The van der Waals surface area contributed by atoms with Crippen molar-refractivity contribution in [2.75, 3.05) is 0 Å². The molecule has 0 aliphatic rings. The zero-order valence-corrected chi connectivity index (χ0v) is 11.0. The highest BCUT2D eigenvalue weighted by molar-refractivity contribution is 6.32. The van der Waals surface area contributed by atoms with Gasteiger partial charge in [0.25, 0.3) is 5.91 Å². The molecule has 1 aromatic rings. The van der Waals surface area contributed by atoms with Gasteiger partial charge in [-0.3, -0.25) is 10.2 Å². The van der Waals surface area contributed by atoms with Crippen LogP contribution in [0.1, 0.15) is 24.5 Å². The summed E-state index contributed by atoms with van der Waals surface area (Å²) in [5, 5.41) is 0.505. The summed E-state index contributed by atoms with van der Waals surface area (Å²) in [5.74, 6) is 5.27. The van der Waals surface area contributed by atoms with E-state index in [4.69, 9.17) is 22.2 Å². The number of carbonyl (C=O) groups is 1. The molecule has 0 bridgehead atoms. The first-order valence-electron chi connectivity index (χ1n) is 5.43. The fourth-order valence-electron chi connectivity index (χ4n) is 1.61. The van der Waals surface area contributed by atoms with Gasteiger partial charge in [0, 0.05) is 0 Å². The van der Waals surface area contributed by atoms with Crippen molar-refractivity contribution < 1.29 is 9.53 Å². The van der Waals surface area contributed by atoms with E-state index < -0.39 is 6.10 Å². The summed E-state index contributed by atoms with van der Waals surface area (Å²) in [5.41, 5.74) is 4.03. The number of hydrogen-bond donors (Lipinski definition) is 2. The summed E-state index contributed by atoms with van der Waals surface area (Å²) in [6, 6.07) is 3.76. The monoisotopic (exact) mass is 256 g/mol. The van der Waals surface area contributed by atoms with Gasteiger partial charge < -0.3 is 4.74 Å². The minimum Gasteiger partial charge on any atom is -0.479 e. The molecule has 1 rings (SSSR count). The molecule has 1 aromatic carbocycles. The molecular formula is C12H17ClN2O2. The number of ether oxygens (including phenoxy) is 1. The van der Waals surface area contributed by atoms with Gasteiger partial charge in [-0.05, 0) is 37.5 Å². The highest BCUT2D eigenvalue weighted by Crippen LogP contribution is 2.30. The Kier molecular flexibility index (Phi) is 4.78. The molecule has 0 aliphatic heterocycles. The Morgan fingerprint density at radius 3 is 2.65 bits per heavy atom. The van der Waals surface area contributed by atoms with Crippen LogP contribution in [-0.4, -0.2) is 12.0 Å². The number of nitrogens with two attached hydrogens (primary N) is 1. The van der Waals surface area contributed by atoms with Gasteiger partial charge in [-0.15, -0.1) is 0 Å². The maximum absolute atomic E-state index is 11.4. The number of benzene rings is 1. The largest absolute Gasteiger partial charge is 0.479 e. The van der Waals surface area contributed by atoms with E-state index in [-0.39, 0.29) is 5.91 Å². The van der Waals surface area contributed by atoms with Gasteiger partial charge in [0.1, 0.15) is 5.75 Å². The molecule has 4 nitrogen and oxygen atoms in total. The number of nitrogens with one attached hydrogen (secondary N) is 1.